The molecule has 7 nitrogen and oxygen atoms in total. The number of hydrogen-bond acceptors (Lipinski definition) is 6. The Morgan fingerprint density at radius 3 is 2.36 bits per heavy atom. The molecule has 1 aliphatic heterocycles. The minimum absolute atomic E-state index is 0.0811. The lowest BCUT2D eigenvalue weighted by atomic mass is 10.0. The molecule has 0 aromatic heterocycles. The highest BCUT2D eigenvalue weighted by atomic mass is 19.1. The zero-order valence-corrected chi connectivity index (χ0v) is 18.2. The van der Waals surface area contributed by atoms with Crippen LogP contribution in [0.2, 0.25) is 0 Å². The second kappa shape index (κ2) is 9.79. The fraction of sp³-hybridized carbons (Fsp3) is 0.240. The van der Waals surface area contributed by atoms with E-state index in [0.717, 1.165) is 5.56 Å². The smallest absolute Gasteiger partial charge is 0.293 e. The Labute approximate surface area is 191 Å². The van der Waals surface area contributed by atoms with E-state index in [1.165, 1.54) is 19.2 Å². The van der Waals surface area contributed by atoms with Gasteiger partial charge in [0.1, 0.15) is 5.69 Å². The number of methoxy groups -OCH3 is 1. The van der Waals surface area contributed by atoms with Crippen molar-refractivity contribution >= 4 is 17.2 Å². The molecule has 4 rings (SSSR count). The van der Waals surface area contributed by atoms with Crippen LogP contribution in [0, 0.1) is 15.9 Å². The monoisotopic (exact) mass is 449 g/mol. The predicted molar refractivity (Wildman–Crippen MR) is 123 cm³/mol. The number of halogens is 1. The van der Waals surface area contributed by atoms with Gasteiger partial charge in [0, 0.05) is 49.9 Å². The molecule has 0 amide bonds. The highest BCUT2D eigenvalue weighted by Crippen LogP contribution is 2.31. The highest BCUT2D eigenvalue weighted by molar-refractivity contribution is 6.09. The van der Waals surface area contributed by atoms with Gasteiger partial charge in [0.2, 0.25) is 0 Å². The first kappa shape index (κ1) is 22.4. The molecule has 0 unspecified atom stereocenters. The Kier molecular flexibility index (Phi) is 6.65. The number of nitrogens with zero attached hydrogens (tertiary/aromatic N) is 3. The predicted octanol–water partition coefficient (Wildman–Crippen LogP) is 4.30. The number of ether oxygens (including phenoxy) is 1. The molecule has 0 atom stereocenters. The van der Waals surface area contributed by atoms with Crippen molar-refractivity contribution in [2.24, 2.45) is 0 Å². The maximum atomic E-state index is 14.0. The quantitative estimate of drug-likeness (QED) is 0.304. The van der Waals surface area contributed by atoms with E-state index in [4.69, 9.17) is 4.74 Å². The van der Waals surface area contributed by atoms with Crippen LogP contribution in [0.5, 0.6) is 5.75 Å². The van der Waals surface area contributed by atoms with Crippen LogP contribution in [0.3, 0.4) is 0 Å². The Bertz CT molecular complexity index is 1160. The number of nitro benzene ring substituents is 1. The number of anilines is 1. The summed E-state index contributed by atoms with van der Waals surface area (Å²) in [6.07, 6.45) is 0. The summed E-state index contributed by atoms with van der Waals surface area (Å²) in [4.78, 5) is 28.2. The van der Waals surface area contributed by atoms with Crippen molar-refractivity contribution in [2.75, 3.05) is 38.2 Å². The van der Waals surface area contributed by atoms with Gasteiger partial charge in [-0.3, -0.25) is 19.8 Å². The molecule has 0 spiro atoms. The zero-order chi connectivity index (χ0) is 23.4. The molecular formula is C25H24FN3O4. The molecule has 1 saturated heterocycles. The third kappa shape index (κ3) is 5.01. The van der Waals surface area contributed by atoms with Crippen molar-refractivity contribution < 1.29 is 18.8 Å². The summed E-state index contributed by atoms with van der Waals surface area (Å²) in [5.41, 5.74) is 2.04. The van der Waals surface area contributed by atoms with Crippen LogP contribution >= 0.6 is 0 Å². The molecule has 3 aromatic rings. The van der Waals surface area contributed by atoms with Gasteiger partial charge in [0.25, 0.3) is 5.69 Å². The molecule has 0 radical (unpaired) electrons. The van der Waals surface area contributed by atoms with Crippen LogP contribution in [0.15, 0.2) is 66.7 Å². The molecule has 0 bridgehead atoms. The van der Waals surface area contributed by atoms with Crippen molar-refractivity contribution in [1.82, 2.24) is 4.90 Å². The third-order valence-corrected chi connectivity index (χ3v) is 5.81. The summed E-state index contributed by atoms with van der Waals surface area (Å²) in [5, 5.41) is 11.8. The van der Waals surface area contributed by atoms with E-state index in [1.807, 2.05) is 17.0 Å². The molecule has 8 heteroatoms. The summed E-state index contributed by atoms with van der Waals surface area (Å²) in [6.45, 7) is 3.11. The Morgan fingerprint density at radius 2 is 1.73 bits per heavy atom. The van der Waals surface area contributed by atoms with Crippen LogP contribution in [0.4, 0.5) is 15.8 Å². The Morgan fingerprint density at radius 1 is 1.00 bits per heavy atom. The maximum Gasteiger partial charge on any atom is 0.293 e. The number of hydrogen-bond donors (Lipinski definition) is 0. The molecule has 0 N–H and O–H groups in total. The van der Waals surface area contributed by atoms with Gasteiger partial charge < -0.3 is 9.64 Å². The largest absolute Gasteiger partial charge is 0.494 e. The number of nitro groups is 1. The third-order valence-electron chi connectivity index (χ3n) is 5.81. The number of rotatable bonds is 7. The maximum absolute atomic E-state index is 14.0. The second-order valence-corrected chi connectivity index (χ2v) is 7.89. The van der Waals surface area contributed by atoms with Gasteiger partial charge in [-0.1, -0.05) is 36.4 Å². The molecule has 0 aliphatic carbocycles. The van der Waals surface area contributed by atoms with Crippen molar-refractivity contribution in [2.45, 2.75) is 6.54 Å². The van der Waals surface area contributed by atoms with Crippen LogP contribution in [0.1, 0.15) is 21.5 Å². The van der Waals surface area contributed by atoms with E-state index in [9.17, 15) is 19.3 Å². The topological polar surface area (TPSA) is 75.9 Å². The first-order valence-corrected chi connectivity index (χ1v) is 10.6. The average Bonchev–Trinajstić information content (AvgIpc) is 2.84. The minimum Gasteiger partial charge on any atom is -0.494 e. The van der Waals surface area contributed by atoms with E-state index < -0.39 is 10.7 Å². The lowest BCUT2D eigenvalue weighted by Crippen LogP contribution is -2.46. The molecule has 1 fully saturated rings. The van der Waals surface area contributed by atoms with Crippen molar-refractivity contribution in [3.63, 3.8) is 0 Å². The first-order chi connectivity index (χ1) is 16.0. The number of carbonyl (C=O) groups excluding carboxylic acids is 1. The van der Waals surface area contributed by atoms with Crippen LogP contribution in [-0.2, 0) is 6.54 Å². The van der Waals surface area contributed by atoms with Crippen molar-refractivity contribution in [1.29, 1.82) is 0 Å². The van der Waals surface area contributed by atoms with Gasteiger partial charge in [0.15, 0.2) is 17.3 Å². The van der Waals surface area contributed by atoms with Gasteiger partial charge in [-0.15, -0.1) is 0 Å². The normalized spacial score (nSPS) is 14.2. The molecular weight excluding hydrogens is 425 g/mol. The van der Waals surface area contributed by atoms with Crippen molar-refractivity contribution in [3.8, 4) is 5.75 Å². The van der Waals surface area contributed by atoms with Gasteiger partial charge >= 0.3 is 0 Å². The molecule has 33 heavy (non-hydrogen) atoms. The van der Waals surface area contributed by atoms with Crippen molar-refractivity contribution in [3.05, 3.63) is 99.4 Å². The van der Waals surface area contributed by atoms with E-state index >= 15 is 0 Å². The SMILES string of the molecule is COc1ccc(CN2CCN(c3ccc(C(=O)c4ccccc4)cc3[N+](=O)[O-])CC2)cc1F. The van der Waals surface area contributed by atoms with E-state index in [0.29, 0.717) is 44.0 Å². The highest BCUT2D eigenvalue weighted by Gasteiger charge is 2.25. The second-order valence-electron chi connectivity index (χ2n) is 7.89. The summed E-state index contributed by atoms with van der Waals surface area (Å²) >= 11 is 0. The molecule has 0 saturated carbocycles. The average molecular weight is 449 g/mol. The van der Waals surface area contributed by atoms with Gasteiger partial charge in [-0.2, -0.15) is 0 Å². The number of carbonyl (C=O) groups is 1. The van der Waals surface area contributed by atoms with Gasteiger partial charge in [-0.25, -0.2) is 4.39 Å². The minimum atomic E-state index is -0.441. The van der Waals surface area contributed by atoms with E-state index in [2.05, 4.69) is 4.90 Å². The van der Waals surface area contributed by atoms with Gasteiger partial charge in [-0.05, 0) is 29.8 Å². The number of piperazine rings is 1. The Balaban J connectivity index is 1.46. The molecule has 1 aliphatic rings. The number of ketones is 1. The molecule has 3 aromatic carbocycles. The standard InChI is InChI=1S/C25H24FN3O4/c1-33-24-10-7-18(15-21(24)26)17-27-11-13-28(14-12-27)22-9-8-20(16-23(22)29(31)32)25(30)19-5-3-2-4-6-19/h2-10,15-16H,11-14,17H2,1H3. The van der Waals surface area contributed by atoms with Gasteiger partial charge in [0.05, 0.1) is 12.0 Å². The van der Waals surface area contributed by atoms with Crippen LogP contribution in [-0.4, -0.2) is 48.9 Å². The summed E-state index contributed by atoms with van der Waals surface area (Å²) in [5.74, 6) is -0.429. The molecule has 1 heterocycles. The fourth-order valence-electron chi connectivity index (χ4n) is 4.05. The number of benzene rings is 3. The Hall–Kier alpha value is -3.78. The summed E-state index contributed by atoms with van der Waals surface area (Å²) in [7, 11) is 1.43. The van der Waals surface area contributed by atoms with E-state index in [-0.39, 0.29) is 22.8 Å². The van der Waals surface area contributed by atoms with Crippen LogP contribution < -0.4 is 9.64 Å². The lowest BCUT2D eigenvalue weighted by Gasteiger charge is -2.35. The van der Waals surface area contributed by atoms with Crippen LogP contribution in [0.25, 0.3) is 0 Å². The summed E-state index contributed by atoms with van der Waals surface area (Å²) < 4.78 is 18.9. The first-order valence-electron chi connectivity index (χ1n) is 10.6. The van der Waals surface area contributed by atoms with E-state index in [1.54, 1.807) is 42.5 Å². The zero-order valence-electron chi connectivity index (χ0n) is 18.2. The molecule has 170 valence electrons. The lowest BCUT2D eigenvalue weighted by molar-refractivity contribution is -0.384. The summed E-state index contributed by atoms with van der Waals surface area (Å²) in [6, 6.07) is 18.3. The fourth-order valence-corrected chi connectivity index (χ4v) is 4.05.